The van der Waals surface area contributed by atoms with Crippen LogP contribution in [0.1, 0.15) is 10.4 Å². The number of halogens is 2. The average molecular weight is 396 g/mol. The van der Waals surface area contributed by atoms with Crippen molar-refractivity contribution in [2.45, 2.75) is 6.23 Å². The fourth-order valence-corrected chi connectivity index (χ4v) is 3.76. The van der Waals surface area contributed by atoms with Gasteiger partial charge in [-0.3, -0.25) is 0 Å². The number of nitrogens with zero attached hydrogens (tertiary/aromatic N) is 3. The molecule has 7 nitrogen and oxygen atoms in total. The lowest BCUT2D eigenvalue weighted by molar-refractivity contribution is 0.0329. The van der Waals surface area contributed by atoms with Crippen LogP contribution in [-0.4, -0.2) is 40.7 Å². The van der Waals surface area contributed by atoms with E-state index in [4.69, 9.17) is 20.8 Å². The van der Waals surface area contributed by atoms with Gasteiger partial charge in [0.15, 0.2) is 5.13 Å². The first-order chi connectivity index (χ1) is 12.6. The standard InChI is InChI=1S/C16H11ClFN3O4S/c17-8-20-6-13(25-14(22)9-3-4-24-7-9)21(16(20)23)15-19-11-5-10(18)1-2-12(11)26-15/h1-5,7,13H,6,8H2. The summed E-state index contributed by atoms with van der Waals surface area (Å²) in [6.07, 6.45) is 1.69. The molecule has 134 valence electrons. The van der Waals surface area contributed by atoms with E-state index in [2.05, 4.69) is 4.98 Å². The Kier molecular flexibility index (Phi) is 4.25. The van der Waals surface area contributed by atoms with Gasteiger partial charge in [-0.2, -0.15) is 0 Å². The molecule has 0 bridgehead atoms. The smallest absolute Gasteiger partial charge is 0.343 e. The molecular formula is C16H11ClFN3O4S. The van der Waals surface area contributed by atoms with Crippen LogP contribution in [0.15, 0.2) is 41.2 Å². The van der Waals surface area contributed by atoms with Gasteiger partial charge in [-0.05, 0) is 18.2 Å². The largest absolute Gasteiger partial charge is 0.472 e. The maximum atomic E-state index is 13.4. The van der Waals surface area contributed by atoms with E-state index in [1.807, 2.05) is 0 Å². The number of fused-ring (bicyclic) bond motifs is 1. The Morgan fingerprint density at radius 3 is 3.04 bits per heavy atom. The Morgan fingerprint density at radius 1 is 1.46 bits per heavy atom. The fourth-order valence-electron chi connectivity index (χ4n) is 2.58. The van der Waals surface area contributed by atoms with Crippen LogP contribution in [0.2, 0.25) is 0 Å². The van der Waals surface area contributed by atoms with Crippen molar-refractivity contribution < 1.29 is 23.1 Å². The van der Waals surface area contributed by atoms with Crippen molar-refractivity contribution in [3.63, 3.8) is 0 Å². The van der Waals surface area contributed by atoms with Gasteiger partial charge in [0.2, 0.25) is 6.23 Å². The summed E-state index contributed by atoms with van der Waals surface area (Å²) in [5.74, 6) is -1.06. The molecule has 2 amide bonds. The highest BCUT2D eigenvalue weighted by Gasteiger charge is 2.42. The number of alkyl halides is 1. The van der Waals surface area contributed by atoms with Crippen molar-refractivity contribution in [3.05, 3.63) is 48.2 Å². The molecule has 0 N–H and O–H groups in total. The summed E-state index contributed by atoms with van der Waals surface area (Å²) in [4.78, 5) is 31.7. The Bertz CT molecular complexity index is 977. The van der Waals surface area contributed by atoms with Gasteiger partial charge in [0.1, 0.15) is 12.1 Å². The first kappa shape index (κ1) is 16.8. The normalized spacial score (nSPS) is 17.3. The minimum absolute atomic E-state index is 0.0609. The van der Waals surface area contributed by atoms with Crippen molar-refractivity contribution in [3.8, 4) is 0 Å². The number of hydrogen-bond acceptors (Lipinski definition) is 6. The van der Waals surface area contributed by atoms with Crippen molar-refractivity contribution >= 4 is 50.3 Å². The van der Waals surface area contributed by atoms with Gasteiger partial charge in [-0.1, -0.05) is 11.3 Å². The highest BCUT2D eigenvalue weighted by atomic mass is 35.5. The second-order valence-electron chi connectivity index (χ2n) is 5.47. The molecule has 0 aliphatic carbocycles. The van der Waals surface area contributed by atoms with E-state index in [0.29, 0.717) is 15.3 Å². The number of aromatic nitrogens is 1. The van der Waals surface area contributed by atoms with Crippen LogP contribution in [0.4, 0.5) is 14.3 Å². The highest BCUT2D eigenvalue weighted by Crippen LogP contribution is 2.34. The number of amides is 2. The van der Waals surface area contributed by atoms with Crippen molar-refractivity contribution in [2.75, 3.05) is 17.4 Å². The van der Waals surface area contributed by atoms with E-state index < -0.39 is 24.0 Å². The molecule has 0 saturated carbocycles. The van der Waals surface area contributed by atoms with Gasteiger partial charge in [-0.15, -0.1) is 11.6 Å². The maximum absolute atomic E-state index is 13.4. The van der Waals surface area contributed by atoms with Crippen LogP contribution in [0, 0.1) is 5.82 Å². The molecule has 1 saturated heterocycles. The molecule has 1 unspecified atom stereocenters. The first-order valence-corrected chi connectivity index (χ1v) is 8.85. The second kappa shape index (κ2) is 6.58. The van der Waals surface area contributed by atoms with Crippen LogP contribution in [0.3, 0.4) is 0 Å². The zero-order chi connectivity index (χ0) is 18.3. The van der Waals surface area contributed by atoms with Gasteiger partial charge in [0.25, 0.3) is 0 Å². The van der Waals surface area contributed by atoms with Gasteiger partial charge in [0.05, 0.1) is 34.6 Å². The van der Waals surface area contributed by atoms with Crippen LogP contribution < -0.4 is 4.90 Å². The van der Waals surface area contributed by atoms with E-state index in [1.165, 1.54) is 51.9 Å². The van der Waals surface area contributed by atoms with Crippen LogP contribution in [0.25, 0.3) is 10.2 Å². The molecule has 1 atom stereocenters. The zero-order valence-electron chi connectivity index (χ0n) is 13.1. The number of thiazole rings is 1. The number of carbonyl (C=O) groups is 2. The zero-order valence-corrected chi connectivity index (χ0v) is 14.7. The van der Waals surface area contributed by atoms with E-state index >= 15 is 0 Å². The number of furan rings is 1. The predicted molar refractivity (Wildman–Crippen MR) is 92.8 cm³/mol. The Morgan fingerprint density at radius 2 is 2.31 bits per heavy atom. The summed E-state index contributed by atoms with van der Waals surface area (Å²) in [6.45, 7) is 0.0935. The van der Waals surface area contributed by atoms with Gasteiger partial charge >= 0.3 is 12.0 Å². The third kappa shape index (κ3) is 2.89. The molecule has 1 aliphatic heterocycles. The summed E-state index contributed by atoms with van der Waals surface area (Å²) < 4.78 is 24.4. The molecule has 0 spiro atoms. The number of hydrogen-bond donors (Lipinski definition) is 0. The Labute approximate surface area is 155 Å². The number of carbonyl (C=O) groups excluding carboxylic acids is 2. The Balaban J connectivity index is 1.67. The van der Waals surface area contributed by atoms with Crippen LogP contribution in [0.5, 0.6) is 0 Å². The molecular weight excluding hydrogens is 385 g/mol. The van der Waals surface area contributed by atoms with Gasteiger partial charge < -0.3 is 14.1 Å². The van der Waals surface area contributed by atoms with E-state index in [9.17, 15) is 14.0 Å². The van der Waals surface area contributed by atoms with Gasteiger partial charge in [0, 0.05) is 6.07 Å². The molecule has 1 aliphatic rings. The molecule has 10 heteroatoms. The number of rotatable bonds is 4. The van der Waals surface area contributed by atoms with Gasteiger partial charge in [-0.25, -0.2) is 23.9 Å². The molecule has 26 heavy (non-hydrogen) atoms. The molecule has 1 aromatic carbocycles. The summed E-state index contributed by atoms with van der Waals surface area (Å²) in [5.41, 5.74) is 0.648. The summed E-state index contributed by atoms with van der Waals surface area (Å²) in [7, 11) is 0. The van der Waals surface area contributed by atoms with Crippen molar-refractivity contribution in [1.82, 2.24) is 9.88 Å². The SMILES string of the molecule is O=C(OC1CN(CCl)C(=O)N1c1nc2cc(F)ccc2s1)c1ccoc1. The van der Waals surface area contributed by atoms with Crippen LogP contribution >= 0.6 is 22.9 Å². The lowest BCUT2D eigenvalue weighted by Gasteiger charge is -2.19. The van der Waals surface area contributed by atoms with E-state index in [0.717, 1.165) is 0 Å². The topological polar surface area (TPSA) is 75.9 Å². The molecule has 2 aromatic heterocycles. The summed E-state index contributed by atoms with van der Waals surface area (Å²) in [6, 6.07) is 5.14. The van der Waals surface area contributed by atoms with Crippen molar-refractivity contribution in [2.24, 2.45) is 0 Å². The molecule has 3 aromatic rings. The average Bonchev–Trinajstić information content (AvgIpc) is 3.33. The predicted octanol–water partition coefficient (Wildman–Crippen LogP) is 3.65. The monoisotopic (exact) mass is 395 g/mol. The fraction of sp³-hybridized carbons (Fsp3) is 0.188. The molecule has 4 rings (SSSR count). The lowest BCUT2D eigenvalue weighted by Crippen LogP contribution is -2.37. The quantitative estimate of drug-likeness (QED) is 0.383. The number of esters is 1. The Hall–Kier alpha value is -2.65. The number of anilines is 1. The van der Waals surface area contributed by atoms with Crippen LogP contribution in [-0.2, 0) is 4.74 Å². The molecule has 1 fully saturated rings. The number of benzene rings is 1. The summed E-state index contributed by atoms with van der Waals surface area (Å²) in [5, 5.41) is 0.299. The second-order valence-corrected chi connectivity index (χ2v) is 6.72. The molecule has 3 heterocycles. The third-order valence-electron chi connectivity index (χ3n) is 3.83. The third-order valence-corrected chi connectivity index (χ3v) is 5.15. The maximum Gasteiger partial charge on any atom is 0.343 e. The van der Waals surface area contributed by atoms with E-state index in [1.54, 1.807) is 6.07 Å². The first-order valence-electron chi connectivity index (χ1n) is 7.50. The van der Waals surface area contributed by atoms with Crippen molar-refractivity contribution in [1.29, 1.82) is 0 Å². The number of ether oxygens (including phenoxy) is 1. The minimum atomic E-state index is -0.908. The van der Waals surface area contributed by atoms with E-state index in [-0.39, 0.29) is 18.1 Å². The summed E-state index contributed by atoms with van der Waals surface area (Å²) >= 11 is 7.01. The highest BCUT2D eigenvalue weighted by molar-refractivity contribution is 7.22. The molecule has 0 radical (unpaired) electrons. The minimum Gasteiger partial charge on any atom is -0.472 e. The lowest BCUT2D eigenvalue weighted by atomic mass is 10.3. The number of urea groups is 1.